The second-order valence-electron chi connectivity index (χ2n) is 9.72. The smallest absolute Gasteiger partial charge is 0.242 e. The molecule has 0 aliphatic heterocycles. The lowest BCUT2D eigenvalue weighted by molar-refractivity contribution is -0.141. The zero-order valence-electron chi connectivity index (χ0n) is 21.6. The van der Waals surface area contributed by atoms with Gasteiger partial charge in [-0.15, -0.1) is 11.3 Å². The fourth-order valence-corrected chi connectivity index (χ4v) is 4.81. The van der Waals surface area contributed by atoms with Crippen LogP contribution in [0.1, 0.15) is 36.3 Å². The predicted molar refractivity (Wildman–Crippen MR) is 147 cm³/mol. The zero-order valence-corrected chi connectivity index (χ0v) is 22.4. The molecule has 4 aromatic rings. The number of hydrogen-bond donors (Lipinski definition) is 0. The fourth-order valence-electron chi connectivity index (χ4n) is 4.12. The normalized spacial score (nSPS) is 11.2. The van der Waals surface area contributed by atoms with Gasteiger partial charge in [-0.2, -0.15) is 0 Å². The van der Waals surface area contributed by atoms with Gasteiger partial charge in [-0.05, 0) is 53.6 Å². The molecule has 0 bridgehead atoms. The van der Waals surface area contributed by atoms with Gasteiger partial charge >= 0.3 is 0 Å². The highest BCUT2D eigenvalue weighted by Crippen LogP contribution is 2.16. The van der Waals surface area contributed by atoms with E-state index in [1.807, 2.05) is 17.5 Å². The van der Waals surface area contributed by atoms with Crippen molar-refractivity contribution in [1.29, 1.82) is 0 Å². The Bertz CT molecular complexity index is 1430. The maximum Gasteiger partial charge on any atom is 0.242 e. The van der Waals surface area contributed by atoms with Crippen LogP contribution in [-0.4, -0.2) is 34.7 Å². The molecule has 0 aliphatic carbocycles. The van der Waals surface area contributed by atoms with Crippen molar-refractivity contribution in [3.8, 4) is 0 Å². The van der Waals surface area contributed by atoms with Crippen LogP contribution in [0.2, 0.25) is 0 Å². The van der Waals surface area contributed by atoms with Crippen LogP contribution in [0.5, 0.6) is 0 Å². The number of carbonyl (C=O) groups excluding carboxylic acids is 2. The van der Waals surface area contributed by atoms with E-state index in [0.29, 0.717) is 34.6 Å². The molecule has 2 amide bonds. The largest absolute Gasteiger partial charge is 0.464 e. The summed E-state index contributed by atoms with van der Waals surface area (Å²) in [5.74, 6) is -0.431. The summed E-state index contributed by atoms with van der Waals surface area (Å²) in [5.41, 5.74) is 1.30. The molecule has 0 spiro atoms. The molecule has 0 saturated heterocycles. The van der Waals surface area contributed by atoms with Gasteiger partial charge in [0, 0.05) is 18.0 Å². The number of carbonyl (C=O) groups is 2. The molecule has 0 radical (unpaired) electrons. The molecule has 2 heterocycles. The highest BCUT2D eigenvalue weighted by molar-refractivity contribution is 7.10. The first-order valence-electron chi connectivity index (χ1n) is 12.6. The van der Waals surface area contributed by atoms with Crippen molar-refractivity contribution in [3.05, 3.63) is 104 Å². The summed E-state index contributed by atoms with van der Waals surface area (Å²) < 4.78 is 19.2. The topological polar surface area (TPSA) is 70.8 Å². The standard InChI is InChI=1S/C30H31FN2O4S/c1-21(2)13-14-32(28(34)16-25-6-5-15-38-25)19-29(35)33(17-22-9-11-24(31)12-10-22)18-23-20-37-27-8-4-3-7-26(27)30(23)36/h3-12,15,20-21H,13-14,16-19H2,1-2H3. The first-order chi connectivity index (χ1) is 18.3. The SMILES string of the molecule is CC(C)CCN(CC(=O)N(Cc1ccc(F)cc1)Cc1coc2ccccc2c1=O)C(=O)Cc1cccs1. The van der Waals surface area contributed by atoms with Gasteiger partial charge < -0.3 is 14.2 Å². The Morgan fingerprint density at radius 1 is 0.947 bits per heavy atom. The molecule has 8 heteroatoms. The Hall–Kier alpha value is -3.78. The van der Waals surface area contributed by atoms with Crippen molar-refractivity contribution in [3.63, 3.8) is 0 Å². The van der Waals surface area contributed by atoms with Gasteiger partial charge in [-0.1, -0.05) is 44.2 Å². The first-order valence-corrected chi connectivity index (χ1v) is 13.5. The maximum atomic E-state index is 13.7. The summed E-state index contributed by atoms with van der Waals surface area (Å²) in [7, 11) is 0. The van der Waals surface area contributed by atoms with Crippen LogP contribution < -0.4 is 5.43 Å². The van der Waals surface area contributed by atoms with Crippen LogP contribution in [0, 0.1) is 11.7 Å². The van der Waals surface area contributed by atoms with Crippen molar-refractivity contribution in [2.24, 2.45) is 5.92 Å². The van der Waals surface area contributed by atoms with Crippen LogP contribution in [-0.2, 0) is 29.1 Å². The number of benzene rings is 2. The minimum atomic E-state index is -0.374. The summed E-state index contributed by atoms with van der Waals surface area (Å²) >= 11 is 1.51. The van der Waals surface area contributed by atoms with Crippen LogP contribution in [0.3, 0.4) is 0 Å². The van der Waals surface area contributed by atoms with Crippen molar-refractivity contribution < 1.29 is 18.4 Å². The van der Waals surface area contributed by atoms with E-state index >= 15 is 0 Å². The molecule has 2 aromatic carbocycles. The molecule has 2 aromatic heterocycles. The van der Waals surface area contributed by atoms with Crippen LogP contribution in [0.15, 0.2) is 81.5 Å². The Morgan fingerprint density at radius 3 is 2.42 bits per heavy atom. The molecule has 0 atom stereocenters. The number of rotatable bonds is 11. The van der Waals surface area contributed by atoms with Gasteiger partial charge in [0.1, 0.15) is 11.4 Å². The lowest BCUT2D eigenvalue weighted by Gasteiger charge is -2.28. The Morgan fingerprint density at radius 2 is 1.71 bits per heavy atom. The van der Waals surface area contributed by atoms with Crippen molar-refractivity contribution in [2.45, 2.75) is 39.8 Å². The highest BCUT2D eigenvalue weighted by Gasteiger charge is 2.23. The Balaban J connectivity index is 1.59. The fraction of sp³-hybridized carbons (Fsp3) is 0.300. The number of hydrogen-bond acceptors (Lipinski definition) is 5. The van der Waals surface area contributed by atoms with Crippen LogP contribution in [0.4, 0.5) is 4.39 Å². The van der Waals surface area contributed by atoms with E-state index in [1.165, 1.54) is 34.6 Å². The van der Waals surface area contributed by atoms with Crippen molar-refractivity contribution >= 4 is 34.1 Å². The van der Waals surface area contributed by atoms with E-state index in [2.05, 4.69) is 13.8 Å². The molecule has 0 aliphatic rings. The average Bonchev–Trinajstić information content (AvgIpc) is 3.41. The number of fused-ring (bicyclic) bond motifs is 1. The Labute approximate surface area is 225 Å². The third kappa shape index (κ3) is 7.16. The summed E-state index contributed by atoms with van der Waals surface area (Å²) in [5, 5.41) is 2.36. The van der Waals surface area contributed by atoms with Gasteiger partial charge in [0.05, 0.1) is 36.7 Å². The monoisotopic (exact) mass is 534 g/mol. The molecule has 6 nitrogen and oxygen atoms in total. The van der Waals surface area contributed by atoms with E-state index in [0.717, 1.165) is 11.3 Å². The summed E-state index contributed by atoms with van der Waals surface area (Å²) in [6, 6.07) is 16.6. The van der Waals surface area contributed by atoms with Crippen LogP contribution >= 0.6 is 11.3 Å². The molecule has 0 saturated carbocycles. The van der Waals surface area contributed by atoms with Gasteiger partial charge in [0.25, 0.3) is 0 Å². The van der Waals surface area contributed by atoms with E-state index in [4.69, 9.17) is 4.42 Å². The predicted octanol–water partition coefficient (Wildman–Crippen LogP) is 5.64. The molecule has 0 N–H and O–H groups in total. The maximum absolute atomic E-state index is 13.7. The third-order valence-electron chi connectivity index (χ3n) is 6.31. The van der Waals surface area contributed by atoms with Crippen molar-refractivity contribution in [2.75, 3.05) is 13.1 Å². The molecule has 38 heavy (non-hydrogen) atoms. The highest BCUT2D eigenvalue weighted by atomic mass is 32.1. The number of halogens is 1. The number of amides is 2. The van der Waals surface area contributed by atoms with Crippen LogP contribution in [0.25, 0.3) is 11.0 Å². The number of nitrogens with zero attached hydrogens (tertiary/aromatic N) is 2. The summed E-state index contributed by atoms with van der Waals surface area (Å²) in [6.45, 7) is 4.64. The van der Waals surface area contributed by atoms with Gasteiger partial charge in [0.15, 0.2) is 5.43 Å². The third-order valence-corrected chi connectivity index (χ3v) is 7.19. The second kappa shape index (κ2) is 12.6. The molecule has 198 valence electrons. The van der Waals surface area contributed by atoms with Gasteiger partial charge in [0.2, 0.25) is 11.8 Å². The molecule has 4 rings (SSSR count). The van der Waals surface area contributed by atoms with E-state index < -0.39 is 0 Å². The summed E-state index contributed by atoms with van der Waals surface area (Å²) in [6.07, 6.45) is 2.37. The first kappa shape index (κ1) is 27.3. The number of para-hydroxylation sites is 1. The molecular weight excluding hydrogens is 503 g/mol. The molecule has 0 unspecified atom stereocenters. The van der Waals surface area contributed by atoms with Gasteiger partial charge in [-0.25, -0.2) is 4.39 Å². The minimum Gasteiger partial charge on any atom is -0.464 e. The molecular formula is C30H31FN2O4S. The van der Waals surface area contributed by atoms with Crippen molar-refractivity contribution in [1.82, 2.24) is 9.80 Å². The second-order valence-corrected chi connectivity index (χ2v) is 10.7. The van der Waals surface area contributed by atoms with E-state index in [-0.39, 0.29) is 49.1 Å². The number of thiophene rings is 1. The summed E-state index contributed by atoms with van der Waals surface area (Å²) in [4.78, 5) is 44.1. The van der Waals surface area contributed by atoms with E-state index in [9.17, 15) is 18.8 Å². The molecule has 0 fully saturated rings. The average molecular weight is 535 g/mol. The lowest BCUT2D eigenvalue weighted by atomic mass is 10.1. The minimum absolute atomic E-state index is 0.000509. The van der Waals surface area contributed by atoms with E-state index in [1.54, 1.807) is 41.3 Å². The van der Waals surface area contributed by atoms with Gasteiger partial charge in [-0.3, -0.25) is 14.4 Å². The quantitative estimate of drug-likeness (QED) is 0.250. The zero-order chi connectivity index (χ0) is 27.1. The lowest BCUT2D eigenvalue weighted by Crippen LogP contribution is -2.44. The Kier molecular flexibility index (Phi) is 9.07.